The van der Waals surface area contributed by atoms with Gasteiger partial charge in [0.1, 0.15) is 0 Å². The van der Waals surface area contributed by atoms with Crippen molar-refractivity contribution in [3.8, 4) is 0 Å². The summed E-state index contributed by atoms with van der Waals surface area (Å²) in [6.07, 6.45) is 0. The van der Waals surface area contributed by atoms with E-state index in [9.17, 15) is 4.79 Å². The van der Waals surface area contributed by atoms with Crippen LogP contribution < -0.4 is 0 Å². The average molecular weight is 247 g/mol. The second-order valence-corrected chi connectivity index (χ2v) is 5.61. The number of hydrogen-bond acceptors (Lipinski definition) is 2. The predicted octanol–water partition coefficient (Wildman–Crippen LogP) is 2.29. The van der Waals surface area contributed by atoms with Crippen LogP contribution in [0.1, 0.15) is 34.6 Å². The van der Waals surface area contributed by atoms with Gasteiger partial charge < -0.3 is 4.90 Å². The third-order valence-electron chi connectivity index (χ3n) is 1.70. The zero-order valence-electron chi connectivity index (χ0n) is 10.0. The number of hydrogen-bond donors (Lipinski definition) is 0. The normalized spacial score (nSPS) is 10.3. The quantitative estimate of drug-likeness (QED) is 0.695. The van der Waals surface area contributed by atoms with Gasteiger partial charge in [0.2, 0.25) is 0 Å². The molecule has 90 valence electrons. The third kappa shape index (κ3) is 9.29. The fraction of sp³-hybridized carbons (Fsp3) is 0.909. The first-order chi connectivity index (χ1) is 6.47. The Morgan fingerprint density at radius 1 is 1.13 bits per heavy atom. The van der Waals surface area contributed by atoms with E-state index in [4.69, 9.17) is 0 Å². The molecule has 0 unspecified atom stereocenters. The molecule has 2 nitrogen and oxygen atoms in total. The summed E-state index contributed by atoms with van der Waals surface area (Å²) in [5.41, 5.74) is 0. The maximum Gasteiger partial charge on any atom is 0.281 e. The summed E-state index contributed by atoms with van der Waals surface area (Å²) in [7, 11) is 0. The Morgan fingerprint density at radius 2 is 1.53 bits per heavy atom. The highest BCUT2D eigenvalue weighted by atomic mass is 32.2. The van der Waals surface area contributed by atoms with Crippen molar-refractivity contribution in [3.63, 3.8) is 0 Å². The van der Waals surface area contributed by atoms with E-state index in [1.807, 2.05) is 11.8 Å². The van der Waals surface area contributed by atoms with Crippen molar-refractivity contribution >= 4 is 34.4 Å². The molecule has 0 spiro atoms. The molecule has 0 aliphatic carbocycles. The van der Waals surface area contributed by atoms with Gasteiger partial charge in [-0.15, -0.1) is 0 Å². The third-order valence-corrected chi connectivity index (χ3v) is 2.49. The van der Waals surface area contributed by atoms with Crippen LogP contribution in [0.3, 0.4) is 0 Å². The lowest BCUT2D eigenvalue weighted by atomic mass is 10.1. The highest BCUT2D eigenvalue weighted by Crippen LogP contribution is 2.12. The van der Waals surface area contributed by atoms with Gasteiger partial charge in [0.15, 0.2) is 17.4 Å². The zero-order chi connectivity index (χ0) is 11.1. The van der Waals surface area contributed by atoms with Crippen LogP contribution in [0.4, 0.5) is 4.79 Å². The van der Waals surface area contributed by atoms with Gasteiger partial charge in [-0.05, 0) is 17.6 Å². The molecule has 0 heterocycles. The summed E-state index contributed by atoms with van der Waals surface area (Å²) in [6.45, 7) is 12.4. The van der Waals surface area contributed by atoms with Gasteiger partial charge in [-0.1, -0.05) is 46.4 Å². The van der Waals surface area contributed by atoms with Crippen LogP contribution in [0, 0.1) is 11.8 Å². The smallest absolute Gasteiger partial charge is 0.281 e. The van der Waals surface area contributed by atoms with E-state index in [-0.39, 0.29) is 22.6 Å². The number of amides is 1. The highest BCUT2D eigenvalue weighted by Gasteiger charge is 2.15. The Kier molecular flexibility index (Phi) is 11.3. The van der Waals surface area contributed by atoms with Crippen LogP contribution in [0.15, 0.2) is 0 Å². The molecule has 4 heteroatoms. The predicted molar refractivity (Wildman–Crippen MR) is 74.7 cm³/mol. The first-order valence-corrected chi connectivity index (χ1v) is 6.37. The summed E-state index contributed by atoms with van der Waals surface area (Å²) in [5, 5.41) is 0.231. The molecular weight excluding hydrogens is 221 g/mol. The molecular formula is C11H26AlNOS. The molecule has 0 aromatic rings. The van der Waals surface area contributed by atoms with E-state index in [2.05, 4.69) is 27.7 Å². The van der Waals surface area contributed by atoms with E-state index >= 15 is 0 Å². The number of thioether (sulfide) groups is 1. The fourth-order valence-electron chi connectivity index (χ4n) is 1.32. The maximum absolute atomic E-state index is 11.7. The lowest BCUT2D eigenvalue weighted by Crippen LogP contribution is -2.34. The average Bonchev–Trinajstić information content (AvgIpc) is 2.01. The topological polar surface area (TPSA) is 20.3 Å². The minimum Gasteiger partial charge on any atom is -0.333 e. The van der Waals surface area contributed by atoms with E-state index in [0.717, 1.165) is 18.8 Å². The van der Waals surface area contributed by atoms with Crippen LogP contribution >= 0.6 is 11.8 Å². The highest BCUT2D eigenvalue weighted by molar-refractivity contribution is 8.13. The summed E-state index contributed by atoms with van der Waals surface area (Å²) in [5.74, 6) is 1.97. The van der Waals surface area contributed by atoms with E-state index in [0.29, 0.717) is 11.8 Å². The Morgan fingerprint density at radius 3 is 1.80 bits per heavy atom. The molecule has 0 fully saturated rings. The molecule has 0 saturated heterocycles. The SMILES string of the molecule is CCSC(=O)N(CC(C)C)CC(C)C.[AlH3]. The van der Waals surface area contributed by atoms with Crippen molar-refractivity contribution in [1.29, 1.82) is 0 Å². The van der Waals surface area contributed by atoms with Crippen LogP contribution in [0.2, 0.25) is 0 Å². The van der Waals surface area contributed by atoms with Crippen molar-refractivity contribution in [2.45, 2.75) is 34.6 Å². The maximum atomic E-state index is 11.7. The second kappa shape index (κ2) is 9.57. The minimum atomic E-state index is 0. The van der Waals surface area contributed by atoms with Crippen LogP contribution in [-0.2, 0) is 0 Å². The Labute approximate surface area is 109 Å². The van der Waals surface area contributed by atoms with E-state index < -0.39 is 0 Å². The van der Waals surface area contributed by atoms with Gasteiger partial charge in [-0.3, -0.25) is 4.79 Å². The molecule has 0 bridgehead atoms. The monoisotopic (exact) mass is 247 g/mol. The molecule has 0 aliphatic heterocycles. The lowest BCUT2D eigenvalue weighted by Gasteiger charge is -2.25. The van der Waals surface area contributed by atoms with Crippen molar-refractivity contribution in [2.24, 2.45) is 11.8 Å². The molecule has 0 N–H and O–H groups in total. The minimum absolute atomic E-state index is 0. The molecule has 15 heavy (non-hydrogen) atoms. The number of carbonyl (C=O) groups is 1. The molecule has 0 radical (unpaired) electrons. The van der Waals surface area contributed by atoms with Gasteiger partial charge in [-0.25, -0.2) is 0 Å². The van der Waals surface area contributed by atoms with E-state index in [1.54, 1.807) is 0 Å². The molecule has 0 atom stereocenters. The largest absolute Gasteiger partial charge is 0.333 e. The van der Waals surface area contributed by atoms with Crippen LogP contribution in [0.5, 0.6) is 0 Å². The van der Waals surface area contributed by atoms with Gasteiger partial charge in [0, 0.05) is 13.1 Å². The van der Waals surface area contributed by atoms with Crippen molar-refractivity contribution in [3.05, 3.63) is 0 Å². The van der Waals surface area contributed by atoms with Gasteiger partial charge >= 0.3 is 0 Å². The fourth-order valence-corrected chi connectivity index (χ4v) is 1.90. The second-order valence-electron chi connectivity index (χ2n) is 4.39. The van der Waals surface area contributed by atoms with Crippen LogP contribution in [-0.4, -0.2) is 46.3 Å². The van der Waals surface area contributed by atoms with Gasteiger partial charge in [-0.2, -0.15) is 0 Å². The zero-order valence-corrected chi connectivity index (χ0v) is 10.9. The first kappa shape index (κ1) is 17.7. The molecule has 1 amide bonds. The summed E-state index contributed by atoms with van der Waals surface area (Å²) >= 11 is 1.41. The first-order valence-electron chi connectivity index (χ1n) is 5.39. The molecule has 0 aromatic carbocycles. The van der Waals surface area contributed by atoms with Crippen molar-refractivity contribution in [1.82, 2.24) is 4.90 Å². The molecule has 0 aliphatic rings. The van der Waals surface area contributed by atoms with Gasteiger partial charge in [0.25, 0.3) is 5.24 Å². The Balaban J connectivity index is 0. The van der Waals surface area contributed by atoms with E-state index in [1.165, 1.54) is 11.8 Å². The van der Waals surface area contributed by atoms with Crippen LogP contribution in [0.25, 0.3) is 0 Å². The Hall–Kier alpha value is 0.352. The summed E-state index contributed by atoms with van der Waals surface area (Å²) in [4.78, 5) is 13.7. The van der Waals surface area contributed by atoms with Crippen molar-refractivity contribution < 1.29 is 4.79 Å². The molecule has 0 saturated carbocycles. The lowest BCUT2D eigenvalue weighted by molar-refractivity contribution is 0.208. The molecule has 0 rings (SSSR count). The summed E-state index contributed by atoms with van der Waals surface area (Å²) in [6, 6.07) is 0. The molecule has 0 aromatic heterocycles. The number of rotatable bonds is 5. The van der Waals surface area contributed by atoms with Gasteiger partial charge in [0.05, 0.1) is 0 Å². The van der Waals surface area contributed by atoms with Crippen molar-refractivity contribution in [2.75, 3.05) is 18.8 Å². The summed E-state index contributed by atoms with van der Waals surface area (Å²) < 4.78 is 0. The Bertz CT molecular complexity index is 164. The number of nitrogens with zero attached hydrogens (tertiary/aromatic N) is 1. The standard InChI is InChI=1S/C11H23NOS.Al.3H/c1-6-14-11(13)12(7-9(2)3)8-10(4)5;;;;/h9-10H,6-8H2,1-5H3;;;;. The number of carbonyl (C=O) groups excluding carboxylic acids is 1.